The van der Waals surface area contributed by atoms with Crippen molar-refractivity contribution in [1.82, 2.24) is 4.90 Å². The largest absolute Gasteiger partial charge is 0.274 e. The van der Waals surface area contributed by atoms with Gasteiger partial charge in [0, 0.05) is 11.5 Å². The molecule has 2 atom stereocenters. The molecular formula is C29H27NO2. The van der Waals surface area contributed by atoms with Crippen LogP contribution >= 0.6 is 0 Å². The van der Waals surface area contributed by atoms with Gasteiger partial charge in [0.15, 0.2) is 0 Å². The van der Waals surface area contributed by atoms with Crippen LogP contribution in [0.25, 0.3) is 10.8 Å². The summed E-state index contributed by atoms with van der Waals surface area (Å²) in [7, 11) is 0. The van der Waals surface area contributed by atoms with Crippen LogP contribution in [0.4, 0.5) is 0 Å². The fraction of sp³-hybridized carbons (Fsp3) is 0.172. The van der Waals surface area contributed by atoms with Gasteiger partial charge in [-0.25, -0.2) is 0 Å². The Kier molecular flexibility index (Phi) is 6.46. The molecule has 0 aliphatic rings. The van der Waals surface area contributed by atoms with Crippen molar-refractivity contribution in [2.45, 2.75) is 26.3 Å². The van der Waals surface area contributed by atoms with Crippen molar-refractivity contribution >= 4 is 22.6 Å². The molecule has 0 aliphatic carbocycles. The zero-order chi connectivity index (χ0) is 22.5. The standard InChI is InChI=1S/C29H27NO2/c1-21(20-23-12-5-3-6-13-23)28(31)30(22(2)24-14-7-4-8-15-24)29(32)27-19-11-17-25-16-9-10-18-26(25)27/h3-19,21-22H,20H2,1-2H3/t21?,22-/m0/s1. The van der Waals surface area contributed by atoms with Gasteiger partial charge in [-0.15, -0.1) is 0 Å². The molecule has 0 bridgehead atoms. The molecule has 4 rings (SSSR count). The van der Waals surface area contributed by atoms with Gasteiger partial charge in [0.05, 0.1) is 6.04 Å². The zero-order valence-electron chi connectivity index (χ0n) is 18.4. The Morgan fingerprint density at radius 1 is 0.719 bits per heavy atom. The lowest BCUT2D eigenvalue weighted by Crippen LogP contribution is -2.42. The third-order valence-corrected chi connectivity index (χ3v) is 5.95. The van der Waals surface area contributed by atoms with E-state index < -0.39 is 0 Å². The summed E-state index contributed by atoms with van der Waals surface area (Å²) in [5.74, 6) is -0.756. The van der Waals surface area contributed by atoms with Crippen LogP contribution in [0.2, 0.25) is 0 Å². The average molecular weight is 422 g/mol. The predicted molar refractivity (Wildman–Crippen MR) is 129 cm³/mol. The van der Waals surface area contributed by atoms with Crippen molar-refractivity contribution in [2.75, 3.05) is 0 Å². The molecule has 0 saturated heterocycles. The SMILES string of the molecule is CC(Cc1ccccc1)C(=O)N(C(=O)c1cccc2ccccc12)[C@@H](C)c1ccccc1. The van der Waals surface area contributed by atoms with Gasteiger partial charge < -0.3 is 0 Å². The van der Waals surface area contributed by atoms with E-state index in [2.05, 4.69) is 0 Å². The average Bonchev–Trinajstić information content (AvgIpc) is 2.84. The fourth-order valence-electron chi connectivity index (χ4n) is 4.18. The number of hydrogen-bond donors (Lipinski definition) is 0. The first-order valence-electron chi connectivity index (χ1n) is 11.0. The Bertz CT molecular complexity index is 1210. The molecule has 0 heterocycles. The highest BCUT2D eigenvalue weighted by atomic mass is 16.2. The number of carbonyl (C=O) groups excluding carboxylic acids is 2. The van der Waals surface area contributed by atoms with Crippen LogP contribution in [-0.4, -0.2) is 16.7 Å². The Hall–Kier alpha value is -3.72. The Balaban J connectivity index is 1.73. The van der Waals surface area contributed by atoms with Crippen LogP contribution in [-0.2, 0) is 11.2 Å². The first-order valence-corrected chi connectivity index (χ1v) is 11.0. The summed E-state index contributed by atoms with van der Waals surface area (Å²) in [6, 6.07) is 32.7. The minimum absolute atomic E-state index is 0.164. The smallest absolute Gasteiger partial charge is 0.261 e. The van der Waals surface area contributed by atoms with Crippen LogP contribution in [0.5, 0.6) is 0 Å². The van der Waals surface area contributed by atoms with Gasteiger partial charge in [0.2, 0.25) is 5.91 Å². The maximum Gasteiger partial charge on any atom is 0.261 e. The molecule has 0 N–H and O–H groups in total. The quantitative estimate of drug-likeness (QED) is 0.359. The lowest BCUT2D eigenvalue weighted by Gasteiger charge is -2.30. The number of amides is 2. The molecule has 32 heavy (non-hydrogen) atoms. The number of nitrogens with zero attached hydrogens (tertiary/aromatic N) is 1. The monoisotopic (exact) mass is 421 g/mol. The highest BCUT2D eigenvalue weighted by molar-refractivity contribution is 6.12. The van der Waals surface area contributed by atoms with Crippen molar-refractivity contribution in [1.29, 1.82) is 0 Å². The Morgan fingerprint density at radius 3 is 2.03 bits per heavy atom. The van der Waals surface area contributed by atoms with E-state index in [-0.39, 0.29) is 23.8 Å². The number of imide groups is 1. The van der Waals surface area contributed by atoms with Crippen molar-refractivity contribution in [2.24, 2.45) is 5.92 Å². The van der Waals surface area contributed by atoms with E-state index in [1.54, 1.807) is 0 Å². The summed E-state index contributed by atoms with van der Waals surface area (Å²) in [4.78, 5) is 29.0. The first kappa shape index (κ1) is 21.5. The normalized spacial score (nSPS) is 12.8. The molecule has 0 radical (unpaired) electrons. The molecule has 0 saturated carbocycles. The second-order valence-corrected chi connectivity index (χ2v) is 8.22. The second kappa shape index (κ2) is 9.61. The fourth-order valence-corrected chi connectivity index (χ4v) is 4.18. The van der Waals surface area contributed by atoms with E-state index in [0.717, 1.165) is 21.9 Å². The molecule has 4 aromatic carbocycles. The van der Waals surface area contributed by atoms with Gasteiger partial charge in [0.25, 0.3) is 5.91 Å². The molecule has 0 fully saturated rings. The highest BCUT2D eigenvalue weighted by Crippen LogP contribution is 2.28. The zero-order valence-corrected chi connectivity index (χ0v) is 18.4. The predicted octanol–water partition coefficient (Wildman–Crippen LogP) is 6.45. The van der Waals surface area contributed by atoms with Gasteiger partial charge in [-0.2, -0.15) is 0 Å². The van der Waals surface area contributed by atoms with Crippen molar-refractivity contribution in [3.05, 3.63) is 120 Å². The van der Waals surface area contributed by atoms with Gasteiger partial charge in [0.1, 0.15) is 0 Å². The van der Waals surface area contributed by atoms with Crippen LogP contribution in [0.3, 0.4) is 0 Å². The number of hydrogen-bond acceptors (Lipinski definition) is 2. The van der Waals surface area contributed by atoms with Gasteiger partial charge in [-0.1, -0.05) is 104 Å². The summed E-state index contributed by atoms with van der Waals surface area (Å²) in [6.45, 7) is 3.82. The first-order chi connectivity index (χ1) is 15.6. The molecule has 0 spiro atoms. The minimum atomic E-state index is -0.381. The summed E-state index contributed by atoms with van der Waals surface area (Å²) in [5.41, 5.74) is 2.56. The molecular weight excluding hydrogens is 394 g/mol. The van der Waals surface area contributed by atoms with Crippen LogP contribution in [0, 0.1) is 5.92 Å². The van der Waals surface area contributed by atoms with Gasteiger partial charge >= 0.3 is 0 Å². The summed E-state index contributed by atoms with van der Waals surface area (Å²) >= 11 is 0. The maximum absolute atomic E-state index is 13.9. The van der Waals surface area contributed by atoms with Crippen molar-refractivity contribution < 1.29 is 9.59 Å². The molecule has 4 aromatic rings. The van der Waals surface area contributed by atoms with E-state index in [1.807, 2.05) is 117 Å². The molecule has 3 nitrogen and oxygen atoms in total. The van der Waals surface area contributed by atoms with Crippen LogP contribution in [0.1, 0.15) is 41.4 Å². The van der Waals surface area contributed by atoms with E-state index in [4.69, 9.17) is 0 Å². The van der Waals surface area contributed by atoms with E-state index >= 15 is 0 Å². The van der Waals surface area contributed by atoms with E-state index in [0.29, 0.717) is 12.0 Å². The highest BCUT2D eigenvalue weighted by Gasteiger charge is 2.32. The molecule has 2 amide bonds. The van der Waals surface area contributed by atoms with Crippen molar-refractivity contribution in [3.8, 4) is 0 Å². The van der Waals surface area contributed by atoms with Crippen LogP contribution in [0.15, 0.2) is 103 Å². The topological polar surface area (TPSA) is 37.4 Å². The molecule has 0 aliphatic heterocycles. The molecule has 1 unspecified atom stereocenters. The maximum atomic E-state index is 13.9. The van der Waals surface area contributed by atoms with Crippen LogP contribution < -0.4 is 0 Å². The third kappa shape index (κ3) is 4.47. The summed E-state index contributed by atoms with van der Waals surface area (Å²) in [5, 5.41) is 1.84. The number of benzene rings is 4. The lowest BCUT2D eigenvalue weighted by atomic mass is 9.96. The van der Waals surface area contributed by atoms with Crippen molar-refractivity contribution in [3.63, 3.8) is 0 Å². The van der Waals surface area contributed by atoms with E-state index in [1.165, 1.54) is 4.90 Å². The number of rotatable bonds is 6. The summed E-state index contributed by atoms with van der Waals surface area (Å²) < 4.78 is 0. The number of carbonyl (C=O) groups is 2. The minimum Gasteiger partial charge on any atom is -0.274 e. The summed E-state index contributed by atoms with van der Waals surface area (Å²) in [6.07, 6.45) is 0.584. The molecule has 0 aromatic heterocycles. The van der Waals surface area contributed by atoms with E-state index in [9.17, 15) is 9.59 Å². The molecule has 3 heteroatoms. The van der Waals surface area contributed by atoms with Gasteiger partial charge in [-0.3, -0.25) is 14.5 Å². The Labute approximate surface area is 189 Å². The second-order valence-electron chi connectivity index (χ2n) is 8.22. The number of fused-ring (bicyclic) bond motifs is 1. The third-order valence-electron chi connectivity index (χ3n) is 5.95. The molecule has 160 valence electrons. The van der Waals surface area contributed by atoms with Gasteiger partial charge in [-0.05, 0) is 41.3 Å². The Morgan fingerprint density at radius 2 is 1.31 bits per heavy atom. The lowest BCUT2D eigenvalue weighted by molar-refractivity contribution is -0.134.